The third-order valence-electron chi connectivity index (χ3n) is 5.00. The van der Waals surface area contributed by atoms with E-state index in [0.717, 1.165) is 42.8 Å². The topological polar surface area (TPSA) is 179 Å². The number of carboxylic acid groups (broad SMARTS) is 1. The number of aromatic amines is 1. The quantitative estimate of drug-likeness (QED) is 0.115. The van der Waals surface area contributed by atoms with Gasteiger partial charge in [0.05, 0.1) is 6.54 Å². The molecular formula is C20H34N9O3+. The number of rotatable bonds is 14. The molecular weight excluding hydrogens is 414 g/mol. The van der Waals surface area contributed by atoms with Crippen LogP contribution in [-0.4, -0.2) is 64.6 Å². The number of aryl methyl sites for hydroxylation is 1. The minimum absolute atomic E-state index is 0.0319. The molecule has 7 N–H and O–H groups in total. The molecule has 2 heterocycles. The first-order valence-electron chi connectivity index (χ1n) is 10.8. The van der Waals surface area contributed by atoms with E-state index < -0.39 is 12.0 Å². The van der Waals surface area contributed by atoms with E-state index in [1.165, 1.54) is 0 Å². The van der Waals surface area contributed by atoms with Crippen molar-refractivity contribution in [2.75, 3.05) is 25.5 Å². The SMILES string of the molecule is CN(C)c1ncnc2c1[nH]c[n+]2CCCCCCC(=O)N[C@H](CCCN=C(N)N)C(=O)O. The lowest BCUT2D eigenvalue weighted by atomic mass is 10.1. The van der Waals surface area contributed by atoms with Crippen LogP contribution in [0, 0.1) is 0 Å². The maximum Gasteiger partial charge on any atom is 0.326 e. The molecule has 0 fully saturated rings. The fourth-order valence-electron chi connectivity index (χ4n) is 3.38. The molecule has 0 spiro atoms. The fourth-order valence-corrected chi connectivity index (χ4v) is 3.38. The number of imidazole rings is 1. The van der Waals surface area contributed by atoms with Crippen LogP contribution in [0.3, 0.4) is 0 Å². The van der Waals surface area contributed by atoms with Gasteiger partial charge in [-0.25, -0.2) is 9.36 Å². The van der Waals surface area contributed by atoms with Crippen LogP contribution < -0.4 is 26.3 Å². The largest absolute Gasteiger partial charge is 0.480 e. The summed E-state index contributed by atoms with van der Waals surface area (Å²) in [5.74, 6) is -0.496. The number of amides is 1. The van der Waals surface area contributed by atoms with E-state index in [1.807, 2.05) is 25.3 Å². The second kappa shape index (κ2) is 12.4. The van der Waals surface area contributed by atoms with Crippen LogP contribution in [0.2, 0.25) is 0 Å². The van der Waals surface area contributed by atoms with Crippen molar-refractivity contribution in [2.24, 2.45) is 16.5 Å². The second-order valence-corrected chi connectivity index (χ2v) is 7.83. The Morgan fingerprint density at radius 1 is 1.22 bits per heavy atom. The van der Waals surface area contributed by atoms with Gasteiger partial charge >= 0.3 is 11.6 Å². The van der Waals surface area contributed by atoms with Crippen molar-refractivity contribution in [3.8, 4) is 0 Å². The molecule has 0 radical (unpaired) electrons. The molecule has 2 aromatic rings. The Labute approximate surface area is 187 Å². The molecule has 0 aliphatic carbocycles. The van der Waals surface area contributed by atoms with Gasteiger partial charge in [0.25, 0.3) is 0 Å². The van der Waals surface area contributed by atoms with Crippen molar-refractivity contribution in [1.29, 1.82) is 0 Å². The number of nitrogens with zero attached hydrogens (tertiary/aromatic N) is 5. The maximum atomic E-state index is 12.1. The number of carbonyl (C=O) groups is 2. The lowest BCUT2D eigenvalue weighted by Gasteiger charge is -2.14. The third-order valence-corrected chi connectivity index (χ3v) is 5.00. The highest BCUT2D eigenvalue weighted by molar-refractivity contribution is 5.83. The van der Waals surface area contributed by atoms with Gasteiger partial charge in [0, 0.05) is 27.1 Å². The number of unbranched alkanes of at least 4 members (excludes halogenated alkanes) is 3. The van der Waals surface area contributed by atoms with E-state index in [9.17, 15) is 14.7 Å². The first-order valence-corrected chi connectivity index (χ1v) is 10.8. The predicted molar refractivity (Wildman–Crippen MR) is 121 cm³/mol. The van der Waals surface area contributed by atoms with Crippen molar-refractivity contribution in [3.05, 3.63) is 12.7 Å². The fraction of sp³-hybridized carbons (Fsp3) is 0.600. The Kier molecular flexibility index (Phi) is 9.64. The first-order chi connectivity index (χ1) is 15.3. The average Bonchev–Trinajstić information content (AvgIpc) is 3.15. The Bertz CT molecular complexity index is 922. The van der Waals surface area contributed by atoms with E-state index in [0.29, 0.717) is 25.8 Å². The summed E-state index contributed by atoms with van der Waals surface area (Å²) in [7, 11) is 3.88. The number of H-pyrrole nitrogens is 1. The Hall–Kier alpha value is -3.44. The molecule has 0 saturated heterocycles. The number of guanidine groups is 1. The van der Waals surface area contributed by atoms with E-state index in [4.69, 9.17) is 11.5 Å². The highest BCUT2D eigenvalue weighted by Gasteiger charge is 2.19. The van der Waals surface area contributed by atoms with Crippen molar-refractivity contribution in [2.45, 2.75) is 57.5 Å². The van der Waals surface area contributed by atoms with Crippen LogP contribution in [0.1, 0.15) is 44.9 Å². The van der Waals surface area contributed by atoms with Gasteiger partial charge in [0.1, 0.15) is 6.04 Å². The monoisotopic (exact) mass is 448 g/mol. The molecule has 0 aliphatic heterocycles. The highest BCUT2D eigenvalue weighted by atomic mass is 16.4. The lowest BCUT2D eigenvalue weighted by molar-refractivity contribution is -0.673. The number of nitrogens with one attached hydrogen (secondary N) is 2. The number of hydrogen-bond donors (Lipinski definition) is 5. The van der Waals surface area contributed by atoms with E-state index in [-0.39, 0.29) is 18.3 Å². The minimum Gasteiger partial charge on any atom is -0.480 e. The van der Waals surface area contributed by atoms with Gasteiger partial charge in [-0.3, -0.25) is 14.8 Å². The summed E-state index contributed by atoms with van der Waals surface area (Å²) < 4.78 is 2.07. The van der Waals surface area contributed by atoms with Gasteiger partial charge in [-0.2, -0.15) is 4.98 Å². The van der Waals surface area contributed by atoms with E-state index in [1.54, 1.807) is 6.33 Å². The summed E-state index contributed by atoms with van der Waals surface area (Å²) >= 11 is 0. The van der Waals surface area contributed by atoms with Crippen molar-refractivity contribution in [3.63, 3.8) is 0 Å². The Morgan fingerprint density at radius 2 is 1.97 bits per heavy atom. The minimum atomic E-state index is -1.06. The van der Waals surface area contributed by atoms with Crippen LogP contribution in [0.4, 0.5) is 5.82 Å². The van der Waals surface area contributed by atoms with Crippen LogP contribution in [0.15, 0.2) is 17.6 Å². The Morgan fingerprint density at radius 3 is 2.66 bits per heavy atom. The highest BCUT2D eigenvalue weighted by Crippen LogP contribution is 2.16. The van der Waals surface area contributed by atoms with Gasteiger partial charge in [0.2, 0.25) is 11.4 Å². The standard InChI is InChI=1S/C20H33N9O3/c1-28(2)17-16-18(25-12-24-17)29(13-26-16)11-6-4-3-5-9-15(30)27-14(19(31)32)8-7-10-23-20(21)22/h12-14H,3-11H2,1-2H3,(H6,21,22,23,27,30,31,32)/p+1/t14-/m1/s1. The smallest absolute Gasteiger partial charge is 0.326 e. The van der Waals surface area contributed by atoms with Crippen LogP contribution in [0.5, 0.6) is 0 Å². The molecule has 12 heteroatoms. The molecule has 0 bridgehead atoms. The molecule has 176 valence electrons. The molecule has 2 aromatic heterocycles. The summed E-state index contributed by atoms with van der Waals surface area (Å²) in [6, 6.07) is -0.927. The zero-order valence-corrected chi connectivity index (χ0v) is 18.8. The molecule has 0 aromatic carbocycles. The average molecular weight is 449 g/mol. The van der Waals surface area contributed by atoms with Crippen molar-refractivity contribution >= 4 is 34.8 Å². The maximum absolute atomic E-state index is 12.1. The number of carbonyl (C=O) groups excluding carboxylic acids is 1. The van der Waals surface area contributed by atoms with Gasteiger partial charge < -0.3 is 26.8 Å². The van der Waals surface area contributed by atoms with E-state index in [2.05, 4.69) is 29.8 Å². The lowest BCUT2D eigenvalue weighted by Crippen LogP contribution is -2.40. The summed E-state index contributed by atoms with van der Waals surface area (Å²) in [6.45, 7) is 1.14. The van der Waals surface area contributed by atoms with Crippen LogP contribution in [0.25, 0.3) is 11.2 Å². The van der Waals surface area contributed by atoms with Crippen LogP contribution >= 0.6 is 0 Å². The van der Waals surface area contributed by atoms with Gasteiger partial charge in [-0.1, -0.05) is 17.8 Å². The molecule has 1 atom stereocenters. The number of nitrogens with two attached hydrogens (primary N) is 2. The van der Waals surface area contributed by atoms with Gasteiger partial charge in [-0.05, 0) is 25.7 Å². The van der Waals surface area contributed by atoms with Crippen LogP contribution in [-0.2, 0) is 16.1 Å². The van der Waals surface area contributed by atoms with Gasteiger partial charge in [0.15, 0.2) is 24.4 Å². The zero-order valence-electron chi connectivity index (χ0n) is 18.8. The number of fused-ring (bicyclic) bond motifs is 1. The second-order valence-electron chi connectivity index (χ2n) is 7.83. The van der Waals surface area contributed by atoms with Gasteiger partial charge in [-0.15, -0.1) is 0 Å². The number of hydrogen-bond acceptors (Lipinski definition) is 6. The molecule has 2 rings (SSSR count). The zero-order chi connectivity index (χ0) is 23.5. The summed E-state index contributed by atoms with van der Waals surface area (Å²) in [5, 5.41) is 11.8. The molecule has 1 amide bonds. The first kappa shape index (κ1) is 24.8. The summed E-state index contributed by atoms with van der Waals surface area (Å²) in [4.78, 5) is 41.1. The Balaban J connectivity index is 1.67. The predicted octanol–water partition coefficient (Wildman–Crippen LogP) is -0.115. The normalized spacial score (nSPS) is 11.8. The molecule has 12 nitrogen and oxygen atoms in total. The summed E-state index contributed by atoms with van der Waals surface area (Å²) in [5.41, 5.74) is 12.2. The third kappa shape index (κ3) is 7.67. The molecule has 0 aliphatic rings. The number of anilines is 1. The number of aliphatic carboxylic acids is 1. The van der Waals surface area contributed by atoms with Crippen molar-refractivity contribution in [1.82, 2.24) is 20.3 Å². The number of aromatic nitrogens is 4. The van der Waals surface area contributed by atoms with E-state index >= 15 is 0 Å². The molecule has 0 unspecified atom stereocenters. The molecule has 32 heavy (non-hydrogen) atoms. The van der Waals surface area contributed by atoms with Crippen molar-refractivity contribution < 1.29 is 19.3 Å². The number of carboxylic acids is 1. The molecule has 0 saturated carbocycles. The summed E-state index contributed by atoms with van der Waals surface area (Å²) in [6.07, 6.45) is 8.01. The number of aliphatic imine (C=N–C) groups is 1.